The molecule has 1 heterocycles. The molecule has 68 valence electrons. The monoisotopic (exact) mass is 186 g/mol. The van der Waals surface area contributed by atoms with Gasteiger partial charge in [-0.25, -0.2) is 0 Å². The van der Waals surface area contributed by atoms with E-state index in [0.29, 0.717) is 4.99 Å². The van der Waals surface area contributed by atoms with Gasteiger partial charge in [0.2, 0.25) is 5.91 Å². The number of nitrogens with one attached hydrogen (secondary N) is 2. The first kappa shape index (κ1) is 9.45. The van der Waals surface area contributed by atoms with Crippen LogP contribution in [0.25, 0.3) is 0 Å². The van der Waals surface area contributed by atoms with Gasteiger partial charge in [0.05, 0.1) is 4.99 Å². The van der Waals surface area contributed by atoms with Crippen LogP contribution in [0.2, 0.25) is 0 Å². The zero-order valence-corrected chi connectivity index (χ0v) is 8.04. The van der Waals surface area contributed by atoms with Crippen molar-refractivity contribution in [1.29, 1.82) is 0 Å². The number of thiocarbonyl (C=S) groups is 1. The Kier molecular flexibility index (Phi) is 3.47. The average molecular weight is 186 g/mol. The van der Waals surface area contributed by atoms with Crippen LogP contribution in [0, 0.1) is 0 Å². The van der Waals surface area contributed by atoms with Gasteiger partial charge in [-0.15, -0.1) is 0 Å². The fraction of sp³-hybridized carbons (Fsp3) is 0.750. The van der Waals surface area contributed by atoms with Gasteiger partial charge in [-0.2, -0.15) is 0 Å². The zero-order valence-electron chi connectivity index (χ0n) is 7.22. The smallest absolute Gasteiger partial charge is 0.242 e. The van der Waals surface area contributed by atoms with E-state index in [1.807, 2.05) is 0 Å². The molecule has 1 unspecified atom stereocenters. The molecule has 0 saturated carbocycles. The molecule has 0 aromatic rings. The zero-order chi connectivity index (χ0) is 8.97. The van der Waals surface area contributed by atoms with E-state index in [1.54, 1.807) is 6.92 Å². The largest absolute Gasteiger partial charge is 0.368 e. The van der Waals surface area contributed by atoms with Crippen molar-refractivity contribution in [2.24, 2.45) is 0 Å². The molecule has 0 bridgehead atoms. The van der Waals surface area contributed by atoms with Crippen molar-refractivity contribution >= 4 is 23.1 Å². The van der Waals surface area contributed by atoms with Gasteiger partial charge in [0.1, 0.15) is 6.04 Å². The van der Waals surface area contributed by atoms with Gasteiger partial charge in [0.15, 0.2) is 0 Å². The molecule has 0 aromatic heterocycles. The van der Waals surface area contributed by atoms with E-state index in [4.69, 9.17) is 12.2 Å². The van der Waals surface area contributed by atoms with E-state index in [1.165, 1.54) is 0 Å². The lowest BCUT2D eigenvalue weighted by atomic mass is 10.1. The van der Waals surface area contributed by atoms with Crippen LogP contribution in [0.5, 0.6) is 0 Å². The quantitative estimate of drug-likeness (QED) is 0.589. The molecule has 3 nitrogen and oxygen atoms in total. The lowest BCUT2D eigenvalue weighted by Gasteiger charge is -2.14. The van der Waals surface area contributed by atoms with Gasteiger partial charge in [-0.05, 0) is 26.2 Å². The van der Waals surface area contributed by atoms with Gasteiger partial charge in [0, 0.05) is 6.54 Å². The SMILES string of the molecule is CC(=S)NC1CCCCNC1=O. The first-order valence-corrected chi connectivity index (χ1v) is 4.66. The van der Waals surface area contributed by atoms with Gasteiger partial charge in [0.25, 0.3) is 0 Å². The standard InChI is InChI=1S/C8H14N2OS/c1-6(12)10-7-4-2-3-5-9-8(7)11/h7H,2-5H2,1H3,(H,9,11)(H,10,12). The maximum Gasteiger partial charge on any atom is 0.242 e. The predicted molar refractivity (Wildman–Crippen MR) is 52.1 cm³/mol. The molecule has 0 radical (unpaired) electrons. The van der Waals surface area contributed by atoms with Crippen LogP contribution in [-0.4, -0.2) is 23.5 Å². The maximum atomic E-state index is 11.3. The number of amides is 1. The summed E-state index contributed by atoms with van der Waals surface area (Å²) in [6.45, 7) is 2.60. The Morgan fingerprint density at radius 2 is 2.42 bits per heavy atom. The Morgan fingerprint density at radius 1 is 1.67 bits per heavy atom. The van der Waals surface area contributed by atoms with Crippen molar-refractivity contribution in [2.45, 2.75) is 32.2 Å². The highest BCUT2D eigenvalue weighted by atomic mass is 32.1. The van der Waals surface area contributed by atoms with E-state index in [9.17, 15) is 4.79 Å². The highest BCUT2D eigenvalue weighted by Gasteiger charge is 2.19. The number of carbonyl (C=O) groups is 1. The Balaban J connectivity index is 2.47. The van der Waals surface area contributed by atoms with Crippen LogP contribution in [0.4, 0.5) is 0 Å². The lowest BCUT2D eigenvalue weighted by molar-refractivity contribution is -0.122. The van der Waals surface area contributed by atoms with E-state index in [2.05, 4.69) is 10.6 Å². The minimum Gasteiger partial charge on any atom is -0.368 e. The lowest BCUT2D eigenvalue weighted by Crippen LogP contribution is -2.44. The molecule has 0 aliphatic carbocycles. The Morgan fingerprint density at radius 3 is 3.08 bits per heavy atom. The Bertz CT molecular complexity index is 193. The average Bonchev–Trinajstić information content (AvgIpc) is 2.16. The van der Waals surface area contributed by atoms with Crippen molar-refractivity contribution in [2.75, 3.05) is 6.54 Å². The van der Waals surface area contributed by atoms with Gasteiger partial charge in [-0.1, -0.05) is 12.2 Å². The molecule has 4 heteroatoms. The summed E-state index contributed by atoms with van der Waals surface area (Å²) < 4.78 is 0. The predicted octanol–water partition coefficient (Wildman–Crippen LogP) is 0.592. The summed E-state index contributed by atoms with van der Waals surface area (Å²) in [7, 11) is 0. The highest BCUT2D eigenvalue weighted by molar-refractivity contribution is 7.80. The molecule has 1 saturated heterocycles. The topological polar surface area (TPSA) is 41.1 Å². The minimum absolute atomic E-state index is 0.0803. The van der Waals surface area contributed by atoms with Crippen LogP contribution < -0.4 is 10.6 Å². The molecule has 1 atom stereocenters. The minimum atomic E-state index is -0.106. The fourth-order valence-corrected chi connectivity index (χ4v) is 1.46. The number of rotatable bonds is 1. The van der Waals surface area contributed by atoms with Crippen molar-refractivity contribution < 1.29 is 4.79 Å². The summed E-state index contributed by atoms with van der Waals surface area (Å²) in [4.78, 5) is 12.0. The van der Waals surface area contributed by atoms with Gasteiger partial charge < -0.3 is 10.6 Å². The molecular weight excluding hydrogens is 172 g/mol. The van der Waals surface area contributed by atoms with Crippen molar-refractivity contribution in [1.82, 2.24) is 10.6 Å². The van der Waals surface area contributed by atoms with E-state index < -0.39 is 0 Å². The molecule has 0 spiro atoms. The Hall–Kier alpha value is -0.640. The van der Waals surface area contributed by atoms with Crippen LogP contribution in [0.3, 0.4) is 0 Å². The third-order valence-corrected chi connectivity index (χ3v) is 2.03. The molecule has 0 aromatic carbocycles. The second kappa shape index (κ2) is 4.40. The van der Waals surface area contributed by atoms with Crippen molar-refractivity contribution in [3.05, 3.63) is 0 Å². The molecular formula is C8H14N2OS. The first-order valence-electron chi connectivity index (χ1n) is 4.25. The molecule has 1 aliphatic rings. The molecule has 1 amide bonds. The van der Waals surface area contributed by atoms with E-state index in [0.717, 1.165) is 25.8 Å². The summed E-state index contributed by atoms with van der Waals surface area (Å²) in [6.07, 6.45) is 3.04. The van der Waals surface area contributed by atoms with Crippen molar-refractivity contribution in [3.63, 3.8) is 0 Å². The second-order valence-electron chi connectivity index (χ2n) is 3.04. The van der Waals surface area contributed by atoms with Crippen LogP contribution in [0.15, 0.2) is 0 Å². The normalized spacial score (nSPS) is 24.1. The van der Waals surface area contributed by atoms with E-state index in [-0.39, 0.29) is 11.9 Å². The first-order chi connectivity index (χ1) is 5.70. The van der Waals surface area contributed by atoms with Crippen LogP contribution >= 0.6 is 12.2 Å². The highest BCUT2D eigenvalue weighted by Crippen LogP contribution is 2.04. The van der Waals surface area contributed by atoms with Gasteiger partial charge >= 0.3 is 0 Å². The maximum absolute atomic E-state index is 11.3. The number of hydrogen-bond donors (Lipinski definition) is 2. The van der Waals surface area contributed by atoms with Crippen molar-refractivity contribution in [3.8, 4) is 0 Å². The number of hydrogen-bond acceptors (Lipinski definition) is 2. The fourth-order valence-electron chi connectivity index (χ4n) is 1.32. The summed E-state index contributed by atoms with van der Waals surface area (Å²) in [5.74, 6) is 0.0803. The third-order valence-electron chi connectivity index (χ3n) is 1.91. The molecule has 1 fully saturated rings. The summed E-state index contributed by atoms with van der Waals surface area (Å²) in [6, 6.07) is -0.106. The Labute approximate surface area is 77.9 Å². The second-order valence-corrected chi connectivity index (χ2v) is 3.65. The molecule has 2 N–H and O–H groups in total. The molecule has 12 heavy (non-hydrogen) atoms. The summed E-state index contributed by atoms with van der Waals surface area (Å²) >= 11 is 4.88. The van der Waals surface area contributed by atoms with Crippen LogP contribution in [-0.2, 0) is 4.79 Å². The summed E-state index contributed by atoms with van der Waals surface area (Å²) in [5.41, 5.74) is 0. The molecule has 1 rings (SSSR count). The van der Waals surface area contributed by atoms with Gasteiger partial charge in [-0.3, -0.25) is 4.79 Å². The summed E-state index contributed by atoms with van der Waals surface area (Å²) in [5, 5.41) is 5.83. The molecule has 1 aliphatic heterocycles. The van der Waals surface area contributed by atoms with E-state index >= 15 is 0 Å². The number of carbonyl (C=O) groups excluding carboxylic acids is 1. The third kappa shape index (κ3) is 2.77. The van der Waals surface area contributed by atoms with Crippen LogP contribution in [0.1, 0.15) is 26.2 Å².